The SMILES string of the molecule is [2H]c1c([2H])c([2H])c(-c2c3c([2H])c([2H])c([2H])c([2H])c3c(-c3ccc(-c4cccc5oc6ccccc6c45)cc3)c3c([2H])c([2H])c([2H])c([2H])c23)c([2H])c1[2H]. The van der Waals surface area contributed by atoms with Crippen molar-refractivity contribution in [2.75, 3.05) is 0 Å². The van der Waals surface area contributed by atoms with Crippen LogP contribution in [0.25, 0.3) is 76.9 Å². The molecule has 0 unspecified atom stereocenters. The summed E-state index contributed by atoms with van der Waals surface area (Å²) >= 11 is 0. The number of para-hydroxylation sites is 1. The van der Waals surface area contributed by atoms with Crippen LogP contribution in [0, 0.1) is 0 Å². The Balaban J connectivity index is 1.55. The van der Waals surface area contributed by atoms with Crippen molar-refractivity contribution in [3.63, 3.8) is 0 Å². The van der Waals surface area contributed by atoms with E-state index in [2.05, 4.69) is 0 Å². The van der Waals surface area contributed by atoms with Gasteiger partial charge in [0.25, 0.3) is 0 Å². The van der Waals surface area contributed by atoms with Gasteiger partial charge in [-0.2, -0.15) is 0 Å². The normalized spacial score (nSPS) is 16.3. The Labute approximate surface area is 244 Å². The molecule has 0 saturated heterocycles. The van der Waals surface area contributed by atoms with Crippen LogP contribution in [-0.2, 0) is 0 Å². The molecular weight excluding hydrogens is 472 g/mol. The molecule has 1 heterocycles. The van der Waals surface area contributed by atoms with Crippen molar-refractivity contribution in [3.8, 4) is 33.4 Å². The third kappa shape index (κ3) is 3.41. The van der Waals surface area contributed by atoms with Gasteiger partial charge in [0.1, 0.15) is 11.2 Å². The molecule has 1 nitrogen and oxygen atoms in total. The lowest BCUT2D eigenvalue weighted by Gasteiger charge is -2.18. The zero-order valence-corrected chi connectivity index (χ0v) is 20.3. The summed E-state index contributed by atoms with van der Waals surface area (Å²) in [7, 11) is 0. The maximum absolute atomic E-state index is 9.13. The van der Waals surface area contributed by atoms with E-state index in [1.165, 1.54) is 0 Å². The Hall–Kier alpha value is -5.14. The Bertz CT molecular complexity index is 2770. The van der Waals surface area contributed by atoms with E-state index in [1.54, 1.807) is 12.1 Å². The van der Waals surface area contributed by atoms with E-state index in [9.17, 15) is 0 Å². The number of benzene rings is 7. The Morgan fingerprint density at radius 3 is 1.62 bits per heavy atom. The molecule has 7 aromatic carbocycles. The lowest BCUT2D eigenvalue weighted by Crippen LogP contribution is -1.90. The standard InChI is InChI=1S/C38H24O/c1-2-11-26(12-3-1)36-29-13-4-6-15-31(29)37(32-16-7-5-14-30(32)36)27-23-21-25(22-24-27)28-18-10-20-35-38(28)33-17-8-9-19-34(33)39-35/h1-24H/i1D,2D,3D,4D,5D,6D,7D,11D,12D,13D,14D,15D,16D. The van der Waals surface area contributed by atoms with Crippen LogP contribution < -0.4 is 0 Å². The summed E-state index contributed by atoms with van der Waals surface area (Å²) in [5.74, 6) is 0. The molecule has 8 rings (SSSR count). The van der Waals surface area contributed by atoms with Gasteiger partial charge in [-0.1, -0.05) is 133 Å². The first kappa shape index (κ1) is 12.6. The van der Waals surface area contributed by atoms with E-state index in [0.29, 0.717) is 11.1 Å². The average Bonchev–Trinajstić information content (AvgIpc) is 3.54. The highest BCUT2D eigenvalue weighted by molar-refractivity contribution is 6.21. The van der Waals surface area contributed by atoms with E-state index >= 15 is 0 Å². The van der Waals surface area contributed by atoms with Crippen molar-refractivity contribution < 1.29 is 22.2 Å². The second-order valence-corrected chi connectivity index (χ2v) is 9.10. The van der Waals surface area contributed by atoms with Gasteiger partial charge >= 0.3 is 0 Å². The lowest BCUT2D eigenvalue weighted by molar-refractivity contribution is 0.669. The van der Waals surface area contributed by atoms with Gasteiger partial charge in [-0.15, -0.1) is 0 Å². The number of hydrogen-bond donors (Lipinski definition) is 0. The monoisotopic (exact) mass is 509 g/mol. The van der Waals surface area contributed by atoms with Crippen LogP contribution >= 0.6 is 0 Å². The molecule has 0 bridgehead atoms. The van der Waals surface area contributed by atoms with E-state index < -0.39 is 84.1 Å². The molecule has 0 aliphatic heterocycles. The molecule has 1 heteroatoms. The molecule has 0 spiro atoms. The Morgan fingerprint density at radius 1 is 0.410 bits per heavy atom. The second kappa shape index (κ2) is 8.72. The topological polar surface area (TPSA) is 13.1 Å². The predicted octanol–water partition coefficient (Wildman–Crippen LogP) is 10.9. The molecule has 8 aromatic rings. The highest BCUT2D eigenvalue weighted by Crippen LogP contribution is 2.44. The molecule has 0 fully saturated rings. The second-order valence-electron chi connectivity index (χ2n) is 9.10. The molecule has 0 saturated carbocycles. The minimum Gasteiger partial charge on any atom is -0.456 e. The molecule has 0 radical (unpaired) electrons. The van der Waals surface area contributed by atoms with Gasteiger partial charge in [-0.3, -0.25) is 0 Å². The highest BCUT2D eigenvalue weighted by atomic mass is 16.3. The van der Waals surface area contributed by atoms with Gasteiger partial charge < -0.3 is 4.42 Å². The molecule has 182 valence electrons. The zero-order valence-electron chi connectivity index (χ0n) is 33.3. The van der Waals surface area contributed by atoms with E-state index in [-0.39, 0.29) is 32.7 Å². The molecule has 0 aliphatic carbocycles. The van der Waals surface area contributed by atoms with Crippen LogP contribution in [0.1, 0.15) is 17.8 Å². The van der Waals surface area contributed by atoms with Gasteiger partial charge in [0.15, 0.2) is 0 Å². The van der Waals surface area contributed by atoms with Crippen molar-refractivity contribution in [2.24, 2.45) is 0 Å². The summed E-state index contributed by atoms with van der Waals surface area (Å²) in [6.07, 6.45) is 0. The summed E-state index contributed by atoms with van der Waals surface area (Å²) in [6, 6.07) is 12.1. The zero-order chi connectivity index (χ0) is 37.1. The number of furan rings is 1. The largest absolute Gasteiger partial charge is 0.456 e. The summed E-state index contributed by atoms with van der Waals surface area (Å²) in [5, 5.41) is 1.09. The van der Waals surface area contributed by atoms with Crippen LogP contribution in [0.3, 0.4) is 0 Å². The van der Waals surface area contributed by atoms with Crippen molar-refractivity contribution in [2.45, 2.75) is 0 Å². The first-order valence-corrected chi connectivity index (χ1v) is 12.3. The quantitative estimate of drug-likeness (QED) is 0.216. The van der Waals surface area contributed by atoms with Gasteiger partial charge in [0.2, 0.25) is 0 Å². The van der Waals surface area contributed by atoms with Gasteiger partial charge in [0.05, 0.1) is 17.8 Å². The van der Waals surface area contributed by atoms with Crippen molar-refractivity contribution in [1.82, 2.24) is 0 Å². The number of fused-ring (bicyclic) bond motifs is 5. The van der Waals surface area contributed by atoms with E-state index in [4.69, 9.17) is 22.2 Å². The van der Waals surface area contributed by atoms with E-state index in [1.807, 2.05) is 54.6 Å². The third-order valence-corrected chi connectivity index (χ3v) is 7.01. The maximum Gasteiger partial charge on any atom is 0.136 e. The molecule has 0 atom stereocenters. The molecule has 0 amide bonds. The summed E-state index contributed by atoms with van der Waals surface area (Å²) in [4.78, 5) is 0. The smallest absolute Gasteiger partial charge is 0.136 e. The molecular formula is C38H24O. The van der Waals surface area contributed by atoms with Crippen molar-refractivity contribution >= 4 is 43.5 Å². The first-order chi connectivity index (χ1) is 24.8. The Morgan fingerprint density at radius 2 is 0.949 bits per heavy atom. The van der Waals surface area contributed by atoms with Crippen LogP contribution in [0.4, 0.5) is 0 Å². The minimum absolute atomic E-state index is 0.0821. The van der Waals surface area contributed by atoms with Crippen LogP contribution in [0.5, 0.6) is 0 Å². The maximum atomic E-state index is 9.13. The first-order valence-electron chi connectivity index (χ1n) is 18.8. The van der Waals surface area contributed by atoms with Crippen LogP contribution in [-0.4, -0.2) is 0 Å². The molecule has 0 N–H and O–H groups in total. The highest BCUT2D eigenvalue weighted by Gasteiger charge is 2.17. The van der Waals surface area contributed by atoms with Gasteiger partial charge in [-0.05, 0) is 67.1 Å². The molecule has 0 aliphatic rings. The molecule has 39 heavy (non-hydrogen) atoms. The fraction of sp³-hybridized carbons (Fsp3) is 0. The predicted molar refractivity (Wildman–Crippen MR) is 165 cm³/mol. The van der Waals surface area contributed by atoms with Crippen molar-refractivity contribution in [1.29, 1.82) is 0 Å². The number of hydrogen-bond acceptors (Lipinski definition) is 1. The number of rotatable bonds is 3. The Kier molecular flexibility index (Phi) is 2.82. The fourth-order valence-corrected chi connectivity index (χ4v) is 5.37. The summed E-state index contributed by atoms with van der Waals surface area (Å²) in [6.45, 7) is 0. The van der Waals surface area contributed by atoms with Crippen LogP contribution in [0.2, 0.25) is 0 Å². The summed E-state index contributed by atoms with van der Waals surface area (Å²) in [5.41, 5.74) is 2.76. The van der Waals surface area contributed by atoms with Crippen molar-refractivity contribution in [3.05, 3.63) is 145 Å². The van der Waals surface area contributed by atoms with Crippen LogP contribution in [0.15, 0.2) is 150 Å². The van der Waals surface area contributed by atoms with Gasteiger partial charge in [0, 0.05) is 10.8 Å². The van der Waals surface area contributed by atoms with E-state index in [0.717, 1.165) is 27.5 Å². The minimum atomic E-state index is -0.709. The lowest BCUT2D eigenvalue weighted by atomic mass is 9.85. The molecule has 1 aromatic heterocycles. The fourth-order valence-electron chi connectivity index (χ4n) is 5.37. The van der Waals surface area contributed by atoms with Gasteiger partial charge in [-0.25, -0.2) is 0 Å². The summed E-state index contributed by atoms with van der Waals surface area (Å²) < 4.78 is 120. The average molecular weight is 510 g/mol. The third-order valence-electron chi connectivity index (χ3n) is 7.01.